The van der Waals surface area contributed by atoms with Gasteiger partial charge in [-0.3, -0.25) is 4.79 Å². The molecule has 1 saturated heterocycles. The molecule has 0 aliphatic carbocycles. The van der Waals surface area contributed by atoms with Crippen LogP contribution in [0.5, 0.6) is 0 Å². The van der Waals surface area contributed by atoms with Crippen molar-refractivity contribution < 1.29 is 9.18 Å². The molecule has 1 fully saturated rings. The molecule has 6 nitrogen and oxygen atoms in total. The summed E-state index contributed by atoms with van der Waals surface area (Å²) in [5.41, 5.74) is 2.53. The summed E-state index contributed by atoms with van der Waals surface area (Å²) >= 11 is 0. The molecule has 7 heteroatoms. The number of nitrogens with one attached hydrogen (secondary N) is 1. The number of hydrogen-bond acceptors (Lipinski definition) is 5. The Hall–Kier alpha value is -3.48. The van der Waals surface area contributed by atoms with Crippen LogP contribution in [0.2, 0.25) is 0 Å². The number of nitrogens with zero attached hydrogens (tertiary/aromatic N) is 4. The minimum absolute atomic E-state index is 0.0854. The first-order chi connectivity index (χ1) is 14.1. The largest absolute Gasteiger partial charge is 0.340 e. The van der Waals surface area contributed by atoms with E-state index in [4.69, 9.17) is 4.98 Å². The van der Waals surface area contributed by atoms with E-state index < -0.39 is 0 Å². The molecule has 1 amide bonds. The number of aromatic nitrogens is 2. The Morgan fingerprint density at radius 2 is 1.66 bits per heavy atom. The minimum Gasteiger partial charge on any atom is -0.340 e. The van der Waals surface area contributed by atoms with Crippen LogP contribution in [0.3, 0.4) is 0 Å². The zero-order chi connectivity index (χ0) is 20.2. The van der Waals surface area contributed by atoms with Crippen molar-refractivity contribution in [1.82, 2.24) is 14.9 Å². The minimum atomic E-state index is -0.285. The van der Waals surface area contributed by atoms with Gasteiger partial charge in [-0.2, -0.15) is 4.98 Å². The molecule has 1 N–H and O–H groups in total. The van der Waals surface area contributed by atoms with E-state index in [-0.39, 0.29) is 11.7 Å². The number of halogens is 1. The maximum Gasteiger partial charge on any atom is 0.228 e. The molecule has 1 aromatic heterocycles. The molecule has 2 aromatic carbocycles. The zero-order valence-corrected chi connectivity index (χ0v) is 16.2. The van der Waals surface area contributed by atoms with Crippen LogP contribution in [-0.2, 0) is 4.79 Å². The fourth-order valence-electron chi connectivity index (χ4n) is 3.30. The Kier molecular flexibility index (Phi) is 5.37. The first-order valence-electron chi connectivity index (χ1n) is 9.56. The van der Waals surface area contributed by atoms with E-state index >= 15 is 0 Å². The van der Waals surface area contributed by atoms with Crippen LogP contribution < -0.4 is 10.2 Å². The van der Waals surface area contributed by atoms with E-state index in [2.05, 4.69) is 15.2 Å². The first kappa shape index (κ1) is 18.9. The second-order valence-corrected chi connectivity index (χ2v) is 6.93. The molecular weight excluding hydrogens is 369 g/mol. The molecule has 148 valence electrons. The highest BCUT2D eigenvalue weighted by Gasteiger charge is 2.21. The molecule has 0 saturated carbocycles. The lowest BCUT2D eigenvalue weighted by atomic mass is 10.1. The lowest BCUT2D eigenvalue weighted by molar-refractivity contribution is -0.129. The molecule has 0 spiro atoms. The van der Waals surface area contributed by atoms with Crippen molar-refractivity contribution >= 4 is 23.4 Å². The Morgan fingerprint density at radius 3 is 2.31 bits per heavy atom. The van der Waals surface area contributed by atoms with Gasteiger partial charge in [-0.05, 0) is 24.3 Å². The number of piperazine rings is 1. The van der Waals surface area contributed by atoms with Crippen molar-refractivity contribution in [1.29, 1.82) is 0 Å². The van der Waals surface area contributed by atoms with Crippen LogP contribution in [0.1, 0.15) is 6.92 Å². The lowest BCUT2D eigenvalue weighted by Crippen LogP contribution is -2.48. The van der Waals surface area contributed by atoms with Crippen LogP contribution >= 0.6 is 0 Å². The van der Waals surface area contributed by atoms with Crippen LogP contribution in [0.25, 0.3) is 11.3 Å². The molecule has 2 heterocycles. The molecular formula is C22H22FN5O. The van der Waals surface area contributed by atoms with E-state index in [0.717, 1.165) is 16.9 Å². The average Bonchev–Trinajstić information content (AvgIpc) is 2.76. The standard InChI is InChI=1S/C22H22FN5O/c1-16(29)27-11-13-28(14-12-27)22-25-20(17-5-3-2-4-6-17)15-21(26-22)24-19-9-7-18(23)8-10-19/h2-10,15H,11-14H2,1H3,(H,24,25,26). The third kappa shape index (κ3) is 4.51. The van der Waals surface area contributed by atoms with Crippen molar-refractivity contribution in [3.05, 3.63) is 66.5 Å². The maximum atomic E-state index is 13.2. The van der Waals surface area contributed by atoms with Gasteiger partial charge >= 0.3 is 0 Å². The first-order valence-corrected chi connectivity index (χ1v) is 9.56. The van der Waals surface area contributed by atoms with Gasteiger partial charge in [0.25, 0.3) is 0 Å². The van der Waals surface area contributed by atoms with Crippen molar-refractivity contribution in [3.63, 3.8) is 0 Å². The molecule has 0 atom stereocenters. The van der Waals surface area contributed by atoms with Gasteiger partial charge in [-0.1, -0.05) is 30.3 Å². The summed E-state index contributed by atoms with van der Waals surface area (Å²) in [6.45, 7) is 4.23. The van der Waals surface area contributed by atoms with Gasteiger partial charge < -0.3 is 15.1 Å². The van der Waals surface area contributed by atoms with Crippen LogP contribution in [0.4, 0.5) is 21.8 Å². The van der Waals surface area contributed by atoms with E-state index in [9.17, 15) is 9.18 Å². The van der Waals surface area contributed by atoms with Crippen molar-refractivity contribution in [2.75, 3.05) is 36.4 Å². The maximum absolute atomic E-state index is 13.2. The number of hydrogen-bond donors (Lipinski definition) is 1. The molecule has 29 heavy (non-hydrogen) atoms. The zero-order valence-electron chi connectivity index (χ0n) is 16.2. The summed E-state index contributed by atoms with van der Waals surface area (Å²) in [7, 11) is 0. The summed E-state index contributed by atoms with van der Waals surface area (Å²) < 4.78 is 13.2. The third-order valence-corrected chi connectivity index (χ3v) is 4.91. The number of anilines is 3. The second-order valence-electron chi connectivity index (χ2n) is 6.93. The van der Waals surface area contributed by atoms with Gasteiger partial charge in [0.1, 0.15) is 11.6 Å². The van der Waals surface area contributed by atoms with Crippen LogP contribution in [-0.4, -0.2) is 47.0 Å². The van der Waals surface area contributed by atoms with E-state index in [1.54, 1.807) is 19.1 Å². The monoisotopic (exact) mass is 391 g/mol. The van der Waals surface area contributed by atoms with Gasteiger partial charge in [0.2, 0.25) is 11.9 Å². The van der Waals surface area contributed by atoms with E-state index in [1.165, 1.54) is 12.1 Å². The summed E-state index contributed by atoms with van der Waals surface area (Å²) in [6.07, 6.45) is 0. The summed E-state index contributed by atoms with van der Waals surface area (Å²) in [5.74, 6) is 1.04. The van der Waals surface area contributed by atoms with Crippen LogP contribution in [0, 0.1) is 5.82 Å². The second kappa shape index (κ2) is 8.26. The number of benzene rings is 2. The summed E-state index contributed by atoms with van der Waals surface area (Å²) in [5, 5.41) is 3.24. The third-order valence-electron chi connectivity index (χ3n) is 4.91. The summed E-state index contributed by atoms with van der Waals surface area (Å²) in [6, 6.07) is 17.9. The Bertz CT molecular complexity index is 986. The Labute approximate surface area is 169 Å². The topological polar surface area (TPSA) is 61.4 Å². The number of carbonyl (C=O) groups is 1. The molecule has 3 aromatic rings. The van der Waals surface area contributed by atoms with E-state index in [0.29, 0.717) is 37.9 Å². The predicted molar refractivity (Wildman–Crippen MR) is 112 cm³/mol. The molecule has 0 unspecified atom stereocenters. The van der Waals surface area contributed by atoms with Gasteiger partial charge in [0, 0.05) is 50.4 Å². The molecule has 1 aliphatic rings. The fourth-order valence-corrected chi connectivity index (χ4v) is 3.30. The Balaban J connectivity index is 1.65. The van der Waals surface area contributed by atoms with Gasteiger partial charge in [0.15, 0.2) is 0 Å². The van der Waals surface area contributed by atoms with Crippen molar-refractivity contribution in [2.45, 2.75) is 6.92 Å². The lowest BCUT2D eigenvalue weighted by Gasteiger charge is -2.34. The highest BCUT2D eigenvalue weighted by molar-refractivity contribution is 5.73. The number of carbonyl (C=O) groups excluding carboxylic acids is 1. The average molecular weight is 391 g/mol. The van der Waals surface area contributed by atoms with E-state index in [1.807, 2.05) is 41.3 Å². The molecule has 0 radical (unpaired) electrons. The number of rotatable bonds is 4. The van der Waals surface area contributed by atoms with Crippen LogP contribution in [0.15, 0.2) is 60.7 Å². The highest BCUT2D eigenvalue weighted by Crippen LogP contribution is 2.25. The summed E-state index contributed by atoms with van der Waals surface area (Å²) in [4.78, 5) is 25.0. The van der Waals surface area contributed by atoms with Gasteiger partial charge in [-0.25, -0.2) is 9.37 Å². The fraction of sp³-hybridized carbons (Fsp3) is 0.227. The van der Waals surface area contributed by atoms with Crippen molar-refractivity contribution in [3.8, 4) is 11.3 Å². The highest BCUT2D eigenvalue weighted by atomic mass is 19.1. The predicted octanol–water partition coefficient (Wildman–Crippen LogP) is 3.69. The Morgan fingerprint density at radius 1 is 0.966 bits per heavy atom. The smallest absolute Gasteiger partial charge is 0.228 e. The van der Waals surface area contributed by atoms with Gasteiger partial charge in [0.05, 0.1) is 5.69 Å². The molecule has 1 aliphatic heterocycles. The SMILES string of the molecule is CC(=O)N1CCN(c2nc(Nc3ccc(F)cc3)cc(-c3ccccc3)n2)CC1. The quantitative estimate of drug-likeness (QED) is 0.735. The normalized spacial score (nSPS) is 14.0. The van der Waals surface area contributed by atoms with Gasteiger partial charge in [-0.15, -0.1) is 0 Å². The number of amides is 1. The molecule has 4 rings (SSSR count). The van der Waals surface area contributed by atoms with Crippen molar-refractivity contribution in [2.24, 2.45) is 0 Å². The molecule has 0 bridgehead atoms.